The van der Waals surface area contributed by atoms with E-state index in [0.717, 1.165) is 5.56 Å². The number of fused-ring (bicyclic) bond motifs is 1. The van der Waals surface area contributed by atoms with Crippen LogP contribution in [0.3, 0.4) is 0 Å². The summed E-state index contributed by atoms with van der Waals surface area (Å²) in [6, 6.07) is 5.21. The molecular weight excluding hydrogens is 402 g/mol. The monoisotopic (exact) mass is 413 g/mol. The van der Waals surface area contributed by atoms with E-state index in [1.165, 1.54) is 28.9 Å². The smallest absolute Gasteiger partial charge is 0.278 e. The van der Waals surface area contributed by atoms with Gasteiger partial charge in [-0.2, -0.15) is 0 Å². The van der Waals surface area contributed by atoms with Gasteiger partial charge in [0.05, 0.1) is 11.4 Å². The highest BCUT2D eigenvalue weighted by atomic mass is 79.9. The standard InChI is InChI=1S/C14H12BrN3O3S2/c1-8-3-4-11(10(15)7-8)17-23(20,21)12-9(2)16-14-18(13(12)19)5-6-22-14/h3-7,17H,1-2H3. The van der Waals surface area contributed by atoms with Gasteiger partial charge in [-0.05, 0) is 47.5 Å². The van der Waals surface area contributed by atoms with Crippen LogP contribution in [0.25, 0.3) is 4.96 Å². The Bertz CT molecular complexity index is 1070. The second-order valence-corrected chi connectivity index (χ2v) is 8.32. The van der Waals surface area contributed by atoms with Gasteiger partial charge in [-0.25, -0.2) is 13.4 Å². The molecule has 0 atom stereocenters. The summed E-state index contributed by atoms with van der Waals surface area (Å²) < 4.78 is 29.6. The van der Waals surface area contributed by atoms with Crippen LogP contribution in [0.5, 0.6) is 0 Å². The second kappa shape index (κ2) is 5.73. The summed E-state index contributed by atoms with van der Waals surface area (Å²) in [6.45, 7) is 3.41. The van der Waals surface area contributed by atoms with Gasteiger partial charge in [-0.15, -0.1) is 11.3 Å². The molecule has 120 valence electrons. The molecule has 2 aromatic heterocycles. The SMILES string of the molecule is Cc1ccc(NS(=O)(=O)c2c(C)nc3sccn3c2=O)c(Br)c1. The fraction of sp³-hybridized carbons (Fsp3) is 0.143. The quantitative estimate of drug-likeness (QED) is 0.715. The largest absolute Gasteiger partial charge is 0.279 e. The minimum atomic E-state index is -4.05. The molecule has 1 N–H and O–H groups in total. The molecule has 9 heteroatoms. The van der Waals surface area contributed by atoms with Gasteiger partial charge >= 0.3 is 0 Å². The van der Waals surface area contributed by atoms with Gasteiger partial charge in [-0.1, -0.05) is 6.07 Å². The van der Waals surface area contributed by atoms with E-state index in [-0.39, 0.29) is 10.6 Å². The molecule has 23 heavy (non-hydrogen) atoms. The Balaban J connectivity index is 2.15. The van der Waals surface area contributed by atoms with Crippen molar-refractivity contribution >= 4 is 47.9 Å². The van der Waals surface area contributed by atoms with E-state index < -0.39 is 15.6 Å². The maximum atomic E-state index is 12.7. The van der Waals surface area contributed by atoms with Crippen LogP contribution in [0.15, 0.2) is 43.9 Å². The second-order valence-electron chi connectivity index (χ2n) is 4.98. The zero-order valence-electron chi connectivity index (χ0n) is 12.2. The maximum absolute atomic E-state index is 12.7. The minimum absolute atomic E-state index is 0.174. The number of hydrogen-bond donors (Lipinski definition) is 1. The Morgan fingerprint density at radius 1 is 1.30 bits per heavy atom. The number of rotatable bonds is 3. The van der Waals surface area contributed by atoms with Crippen molar-refractivity contribution in [2.75, 3.05) is 4.72 Å². The van der Waals surface area contributed by atoms with E-state index in [1.807, 2.05) is 6.92 Å². The number of thiazole rings is 1. The molecule has 0 aliphatic carbocycles. The summed E-state index contributed by atoms with van der Waals surface area (Å²) in [5, 5.41) is 1.68. The topological polar surface area (TPSA) is 80.5 Å². The number of hydrogen-bond acceptors (Lipinski definition) is 5. The normalized spacial score (nSPS) is 11.8. The van der Waals surface area contributed by atoms with Gasteiger partial charge < -0.3 is 0 Å². The Morgan fingerprint density at radius 2 is 2.04 bits per heavy atom. The van der Waals surface area contributed by atoms with Crippen molar-refractivity contribution in [2.45, 2.75) is 18.7 Å². The Hall–Kier alpha value is -1.71. The van der Waals surface area contributed by atoms with Crippen LogP contribution in [0.4, 0.5) is 5.69 Å². The fourth-order valence-electron chi connectivity index (χ4n) is 2.17. The fourth-order valence-corrected chi connectivity index (χ4v) is 4.98. The first-order valence-corrected chi connectivity index (χ1v) is 9.70. The lowest BCUT2D eigenvalue weighted by atomic mass is 10.2. The third kappa shape index (κ3) is 2.91. The molecule has 1 aromatic carbocycles. The number of nitrogens with one attached hydrogen (secondary N) is 1. The molecule has 0 spiro atoms. The van der Waals surface area contributed by atoms with Gasteiger partial charge in [0.15, 0.2) is 9.86 Å². The number of benzene rings is 1. The molecule has 3 aromatic rings. The van der Waals surface area contributed by atoms with E-state index >= 15 is 0 Å². The van der Waals surface area contributed by atoms with Crippen molar-refractivity contribution in [1.82, 2.24) is 9.38 Å². The summed E-state index contributed by atoms with van der Waals surface area (Å²) in [4.78, 5) is 16.8. The summed E-state index contributed by atoms with van der Waals surface area (Å²) in [5.41, 5.74) is 0.917. The van der Waals surface area contributed by atoms with Crippen LogP contribution >= 0.6 is 27.3 Å². The van der Waals surface area contributed by atoms with Crippen molar-refractivity contribution in [3.05, 3.63) is 55.9 Å². The molecule has 0 aliphatic heterocycles. The van der Waals surface area contributed by atoms with E-state index in [1.54, 1.807) is 23.6 Å². The lowest BCUT2D eigenvalue weighted by Gasteiger charge is -2.11. The average molecular weight is 414 g/mol. The van der Waals surface area contributed by atoms with Crippen LogP contribution in [0.2, 0.25) is 0 Å². The van der Waals surface area contributed by atoms with E-state index in [4.69, 9.17) is 0 Å². The number of aromatic nitrogens is 2. The molecule has 0 aliphatic rings. The van der Waals surface area contributed by atoms with Crippen molar-refractivity contribution in [2.24, 2.45) is 0 Å². The highest BCUT2D eigenvalue weighted by molar-refractivity contribution is 9.10. The zero-order chi connectivity index (χ0) is 16.8. The predicted octanol–water partition coefficient (Wildman–Crippen LogP) is 2.94. The van der Waals surface area contributed by atoms with Gasteiger partial charge in [0.1, 0.15) is 0 Å². The minimum Gasteiger partial charge on any atom is -0.278 e. The lowest BCUT2D eigenvalue weighted by molar-refractivity contribution is 0.598. The molecule has 0 saturated carbocycles. The molecule has 3 rings (SSSR count). The highest BCUT2D eigenvalue weighted by Crippen LogP contribution is 2.26. The summed E-state index contributed by atoms with van der Waals surface area (Å²) in [6.07, 6.45) is 1.51. The zero-order valence-corrected chi connectivity index (χ0v) is 15.4. The van der Waals surface area contributed by atoms with E-state index in [0.29, 0.717) is 15.1 Å². The number of aryl methyl sites for hydroxylation is 2. The Kier molecular flexibility index (Phi) is 4.03. The van der Waals surface area contributed by atoms with Crippen LogP contribution in [-0.4, -0.2) is 17.8 Å². The molecule has 0 unspecified atom stereocenters. The molecule has 0 radical (unpaired) electrons. The number of nitrogens with zero attached hydrogens (tertiary/aromatic N) is 2. The molecular formula is C14H12BrN3O3S2. The molecule has 0 fully saturated rings. The molecule has 0 bridgehead atoms. The van der Waals surface area contributed by atoms with Gasteiger partial charge in [0.2, 0.25) is 0 Å². The summed E-state index contributed by atoms with van der Waals surface area (Å²) >= 11 is 4.59. The van der Waals surface area contributed by atoms with E-state index in [9.17, 15) is 13.2 Å². The molecule has 0 amide bonds. The first kappa shape index (κ1) is 16.2. The summed E-state index contributed by atoms with van der Waals surface area (Å²) in [5.74, 6) is 0. The number of sulfonamides is 1. The first-order chi connectivity index (χ1) is 10.8. The Labute approximate surface area is 145 Å². The van der Waals surface area contributed by atoms with Crippen LogP contribution < -0.4 is 10.3 Å². The third-order valence-electron chi connectivity index (χ3n) is 3.23. The molecule has 0 saturated heterocycles. The van der Waals surface area contributed by atoms with Gasteiger partial charge in [-0.3, -0.25) is 13.9 Å². The van der Waals surface area contributed by atoms with Crippen molar-refractivity contribution in [3.63, 3.8) is 0 Å². The maximum Gasteiger partial charge on any atom is 0.279 e. The van der Waals surface area contributed by atoms with Gasteiger partial charge in [0, 0.05) is 16.0 Å². The average Bonchev–Trinajstić information content (AvgIpc) is 2.90. The first-order valence-electron chi connectivity index (χ1n) is 6.55. The van der Waals surface area contributed by atoms with E-state index in [2.05, 4.69) is 25.6 Å². The van der Waals surface area contributed by atoms with Crippen LogP contribution in [-0.2, 0) is 10.0 Å². The lowest BCUT2D eigenvalue weighted by Crippen LogP contribution is -2.27. The van der Waals surface area contributed by atoms with Crippen molar-refractivity contribution < 1.29 is 8.42 Å². The predicted molar refractivity (Wildman–Crippen MR) is 93.8 cm³/mol. The number of anilines is 1. The Morgan fingerprint density at radius 3 is 2.74 bits per heavy atom. The number of halogens is 1. The highest BCUT2D eigenvalue weighted by Gasteiger charge is 2.25. The third-order valence-corrected chi connectivity index (χ3v) is 6.14. The van der Waals surface area contributed by atoms with Crippen molar-refractivity contribution in [3.8, 4) is 0 Å². The van der Waals surface area contributed by atoms with Crippen molar-refractivity contribution in [1.29, 1.82) is 0 Å². The molecule has 6 nitrogen and oxygen atoms in total. The van der Waals surface area contributed by atoms with Crippen LogP contribution in [0, 0.1) is 13.8 Å². The van der Waals surface area contributed by atoms with Gasteiger partial charge in [0.25, 0.3) is 15.6 Å². The molecule has 2 heterocycles. The van der Waals surface area contributed by atoms with Crippen LogP contribution in [0.1, 0.15) is 11.3 Å². The summed E-state index contributed by atoms with van der Waals surface area (Å²) in [7, 11) is -4.05.